The third-order valence-corrected chi connectivity index (χ3v) is 12.5. The zero-order chi connectivity index (χ0) is 43.3. The van der Waals surface area contributed by atoms with E-state index in [2.05, 4.69) is 40.7 Å². The molecule has 8 rings (SSSR count). The molecule has 7 heterocycles. The van der Waals surface area contributed by atoms with E-state index >= 15 is 0 Å². The van der Waals surface area contributed by atoms with Crippen LogP contribution in [0.3, 0.4) is 0 Å². The average molecular weight is 849 g/mol. The lowest BCUT2D eigenvalue weighted by Gasteiger charge is -2.39. The number of carbonyl (C=O) groups excluding carboxylic acids is 4. The summed E-state index contributed by atoms with van der Waals surface area (Å²) in [6.07, 6.45) is 8.81. The quantitative estimate of drug-likeness (QED) is 0.114. The number of pyridine rings is 2. The van der Waals surface area contributed by atoms with E-state index in [-0.39, 0.29) is 30.0 Å². The van der Waals surface area contributed by atoms with Crippen LogP contribution in [0.5, 0.6) is 0 Å². The van der Waals surface area contributed by atoms with Crippen molar-refractivity contribution in [1.82, 2.24) is 55.0 Å². The highest BCUT2D eigenvalue weighted by Crippen LogP contribution is 2.27. The SMILES string of the molecule is Cc1cc(CC(NC(=O)N2CCC(n3c(=O)[nH]c4ncccc43)CC2)C(=O)NC(CC2CCN(C(=O)CC(=O)O)CC2)C(=O)N2CCN(c3ccncc3)CC2)cc2cn[nH]c12. The van der Waals surface area contributed by atoms with Crippen molar-refractivity contribution in [2.75, 3.05) is 57.3 Å². The van der Waals surface area contributed by atoms with Crippen molar-refractivity contribution in [3.8, 4) is 0 Å². The highest BCUT2D eigenvalue weighted by molar-refractivity contribution is 5.94. The summed E-state index contributed by atoms with van der Waals surface area (Å²) < 4.78 is 1.70. The third kappa shape index (κ3) is 9.40. The number of imidazole rings is 1. The minimum absolute atomic E-state index is 0.0304. The van der Waals surface area contributed by atoms with Gasteiger partial charge in [0.25, 0.3) is 0 Å². The number of aliphatic carboxylic acids is 1. The number of hydrogen-bond acceptors (Lipinski definition) is 10. The predicted molar refractivity (Wildman–Crippen MR) is 228 cm³/mol. The van der Waals surface area contributed by atoms with E-state index in [9.17, 15) is 28.8 Å². The van der Waals surface area contributed by atoms with Gasteiger partial charge in [0.15, 0.2) is 5.65 Å². The Balaban J connectivity index is 0.995. The number of nitrogens with zero attached hydrogens (tertiary/aromatic N) is 8. The summed E-state index contributed by atoms with van der Waals surface area (Å²) in [6, 6.07) is 8.83. The van der Waals surface area contributed by atoms with E-state index < -0.39 is 42.3 Å². The van der Waals surface area contributed by atoms with E-state index in [1.165, 1.54) is 0 Å². The Morgan fingerprint density at radius 1 is 0.855 bits per heavy atom. The van der Waals surface area contributed by atoms with Gasteiger partial charge in [-0.15, -0.1) is 0 Å². The number of aromatic amines is 2. The summed E-state index contributed by atoms with van der Waals surface area (Å²) in [6.45, 7) is 5.43. The van der Waals surface area contributed by atoms with Crippen LogP contribution in [0.1, 0.15) is 55.7 Å². The highest BCUT2D eigenvalue weighted by atomic mass is 16.4. The van der Waals surface area contributed by atoms with Crippen LogP contribution in [0, 0.1) is 12.8 Å². The standard InChI is InChI=1S/C43H52N12O7/c1-27-21-29(22-30-26-46-50-38(27)30)24-33(48-42(61)54-15-8-32(9-16-54)55-35-3-2-10-45-39(35)49-43(55)62)40(59)47-34(23-28-6-13-52(14-7-28)36(56)25-37(57)58)41(60)53-19-17-51(18-20-53)31-4-11-44-12-5-31/h2-5,10-12,21-22,26,28,32-34H,6-9,13-20,23-25H2,1H3,(H,46,50)(H,47,59)(H,48,61)(H,57,58)(H,45,49,62). The van der Waals surface area contributed by atoms with Crippen LogP contribution in [-0.2, 0) is 25.6 Å². The molecule has 3 saturated heterocycles. The number of benzene rings is 1. The van der Waals surface area contributed by atoms with Crippen molar-refractivity contribution in [3.05, 3.63) is 82.8 Å². The number of H-pyrrole nitrogens is 2. The van der Waals surface area contributed by atoms with Crippen molar-refractivity contribution in [1.29, 1.82) is 0 Å². The van der Waals surface area contributed by atoms with Crippen LogP contribution in [0.2, 0.25) is 0 Å². The number of amides is 5. The number of carbonyl (C=O) groups is 5. The number of nitrogens with one attached hydrogen (secondary N) is 4. The molecule has 62 heavy (non-hydrogen) atoms. The van der Waals surface area contributed by atoms with E-state index in [4.69, 9.17) is 5.11 Å². The van der Waals surface area contributed by atoms with Gasteiger partial charge in [-0.1, -0.05) is 6.07 Å². The van der Waals surface area contributed by atoms with E-state index in [1.54, 1.807) is 50.1 Å². The first kappa shape index (κ1) is 41.9. The number of urea groups is 1. The lowest BCUT2D eigenvalue weighted by Crippen LogP contribution is -2.59. The Kier molecular flexibility index (Phi) is 12.5. The van der Waals surface area contributed by atoms with Gasteiger partial charge in [-0.25, -0.2) is 14.6 Å². The van der Waals surface area contributed by atoms with Crippen LogP contribution >= 0.6 is 0 Å². The third-order valence-electron chi connectivity index (χ3n) is 12.5. The zero-order valence-corrected chi connectivity index (χ0v) is 34.7. The summed E-state index contributed by atoms with van der Waals surface area (Å²) in [5.41, 5.74) is 4.58. The number of rotatable bonds is 12. The number of aromatic nitrogens is 6. The fourth-order valence-electron chi connectivity index (χ4n) is 9.21. The fourth-order valence-corrected chi connectivity index (χ4v) is 9.21. The first-order valence-electron chi connectivity index (χ1n) is 21.3. The number of carboxylic acids is 1. The number of anilines is 1. The molecule has 0 bridgehead atoms. The fraction of sp³-hybridized carbons (Fsp3) is 0.465. The smallest absolute Gasteiger partial charge is 0.327 e. The molecule has 19 heteroatoms. The lowest BCUT2D eigenvalue weighted by molar-refractivity contribution is -0.145. The summed E-state index contributed by atoms with van der Waals surface area (Å²) in [5, 5.41) is 23.3. The molecular weight excluding hydrogens is 797 g/mol. The summed E-state index contributed by atoms with van der Waals surface area (Å²) in [7, 11) is 0. The molecular formula is C43H52N12O7. The molecule has 0 aliphatic carbocycles. The Bertz CT molecular complexity index is 2480. The molecule has 19 nitrogen and oxygen atoms in total. The molecule has 2 unspecified atom stereocenters. The molecule has 3 aliphatic rings. The molecule has 3 aliphatic heterocycles. The average Bonchev–Trinajstić information content (AvgIpc) is 3.90. The normalized spacial score (nSPS) is 17.6. The van der Waals surface area contributed by atoms with Gasteiger partial charge in [0.2, 0.25) is 17.7 Å². The maximum atomic E-state index is 14.7. The van der Waals surface area contributed by atoms with Crippen molar-refractivity contribution in [2.24, 2.45) is 5.92 Å². The second kappa shape index (κ2) is 18.4. The minimum Gasteiger partial charge on any atom is -0.481 e. The van der Waals surface area contributed by atoms with Crippen LogP contribution in [0.15, 0.2) is 66.0 Å². The summed E-state index contributed by atoms with van der Waals surface area (Å²) in [4.78, 5) is 98.2. The van der Waals surface area contributed by atoms with Gasteiger partial charge >= 0.3 is 17.7 Å². The predicted octanol–water partition coefficient (Wildman–Crippen LogP) is 2.20. The zero-order valence-electron chi connectivity index (χ0n) is 34.7. The van der Waals surface area contributed by atoms with Crippen molar-refractivity contribution >= 4 is 57.5 Å². The maximum Gasteiger partial charge on any atom is 0.327 e. The summed E-state index contributed by atoms with van der Waals surface area (Å²) in [5.74, 6) is -2.38. The van der Waals surface area contributed by atoms with Crippen molar-refractivity contribution in [3.63, 3.8) is 0 Å². The van der Waals surface area contributed by atoms with Gasteiger partial charge in [0, 0.05) is 94.5 Å². The van der Waals surface area contributed by atoms with Gasteiger partial charge in [0.1, 0.15) is 18.5 Å². The molecule has 1 aromatic carbocycles. The van der Waals surface area contributed by atoms with Gasteiger partial charge in [-0.3, -0.25) is 38.8 Å². The maximum absolute atomic E-state index is 14.7. The Labute approximate surface area is 356 Å². The molecule has 5 aromatic rings. The second-order valence-corrected chi connectivity index (χ2v) is 16.6. The van der Waals surface area contributed by atoms with E-state index in [0.29, 0.717) is 95.6 Å². The number of fused-ring (bicyclic) bond motifs is 2. The molecule has 5 amide bonds. The number of aryl methyl sites for hydroxylation is 1. The van der Waals surface area contributed by atoms with E-state index in [0.717, 1.165) is 27.7 Å². The van der Waals surface area contributed by atoms with Gasteiger partial charge in [-0.2, -0.15) is 5.10 Å². The van der Waals surface area contributed by atoms with Crippen molar-refractivity contribution in [2.45, 2.75) is 70.0 Å². The number of piperidine rings is 2. The first-order valence-corrected chi connectivity index (χ1v) is 21.3. The van der Waals surface area contributed by atoms with Crippen LogP contribution in [0.25, 0.3) is 22.1 Å². The second-order valence-electron chi connectivity index (χ2n) is 16.6. The van der Waals surface area contributed by atoms with Crippen LogP contribution in [-0.4, -0.2) is 144 Å². The van der Waals surface area contributed by atoms with Gasteiger partial charge in [0.05, 0.1) is 17.2 Å². The number of carboxylic acid groups (broad SMARTS) is 1. The molecule has 0 radical (unpaired) electrons. The largest absolute Gasteiger partial charge is 0.481 e. The summed E-state index contributed by atoms with van der Waals surface area (Å²) >= 11 is 0. The van der Waals surface area contributed by atoms with Crippen LogP contribution < -0.4 is 21.2 Å². The molecule has 2 atom stereocenters. The Morgan fingerprint density at radius 2 is 1.58 bits per heavy atom. The molecule has 0 spiro atoms. The van der Waals surface area contributed by atoms with Crippen molar-refractivity contribution < 1.29 is 29.1 Å². The van der Waals surface area contributed by atoms with Crippen LogP contribution in [0.4, 0.5) is 10.5 Å². The Morgan fingerprint density at radius 3 is 2.31 bits per heavy atom. The number of piperazine rings is 1. The number of hydrogen-bond donors (Lipinski definition) is 5. The molecule has 0 saturated carbocycles. The monoisotopic (exact) mass is 848 g/mol. The first-order chi connectivity index (χ1) is 30.0. The van der Waals surface area contributed by atoms with E-state index in [1.807, 2.05) is 37.3 Å². The molecule has 5 N–H and O–H groups in total. The molecule has 326 valence electrons. The minimum atomic E-state index is -1.18. The Hall–Kier alpha value is -6.79. The van der Waals surface area contributed by atoms with Gasteiger partial charge < -0.3 is 35.3 Å². The van der Waals surface area contributed by atoms with Gasteiger partial charge in [-0.05, 0) is 86.4 Å². The topological polar surface area (TPSA) is 235 Å². The lowest BCUT2D eigenvalue weighted by atomic mass is 9.89. The molecule has 3 fully saturated rings. The molecule has 4 aromatic heterocycles. The highest BCUT2D eigenvalue weighted by Gasteiger charge is 2.36. The number of likely N-dealkylation sites (tertiary alicyclic amines) is 2.